The third-order valence-electron chi connectivity index (χ3n) is 5.30. The van der Waals surface area contributed by atoms with Crippen LogP contribution in [0, 0.1) is 25.2 Å². The van der Waals surface area contributed by atoms with E-state index in [-0.39, 0.29) is 0 Å². The van der Waals surface area contributed by atoms with Crippen molar-refractivity contribution < 1.29 is 9.47 Å². The fraction of sp³-hybridized carbons (Fsp3) is 0.417. The maximum absolute atomic E-state index is 9.27. The fourth-order valence-electron chi connectivity index (χ4n) is 3.59. The van der Waals surface area contributed by atoms with Crippen molar-refractivity contribution in [3.8, 4) is 11.8 Å². The van der Waals surface area contributed by atoms with E-state index >= 15 is 0 Å². The molecule has 0 aliphatic carbocycles. The van der Waals surface area contributed by atoms with Gasteiger partial charge in [0.2, 0.25) is 0 Å². The SMILES string of the molecule is COc1cc(C)cc(C)c1Cc1nc2cc(C#N)ccc2n1COCC[Si](C)(C)C. The van der Waals surface area contributed by atoms with E-state index in [4.69, 9.17) is 14.5 Å². The van der Waals surface area contributed by atoms with Gasteiger partial charge in [-0.25, -0.2) is 4.98 Å². The van der Waals surface area contributed by atoms with Gasteiger partial charge in [0, 0.05) is 26.7 Å². The Morgan fingerprint density at radius 3 is 2.57 bits per heavy atom. The second-order valence-electron chi connectivity index (χ2n) is 9.06. The number of rotatable bonds is 8. The van der Waals surface area contributed by atoms with E-state index in [0.717, 1.165) is 40.8 Å². The van der Waals surface area contributed by atoms with Crippen molar-refractivity contribution in [2.45, 2.75) is 52.7 Å². The molecular weight excluding hydrogens is 390 g/mol. The van der Waals surface area contributed by atoms with E-state index in [0.29, 0.717) is 18.7 Å². The van der Waals surface area contributed by atoms with E-state index in [2.05, 4.69) is 56.3 Å². The van der Waals surface area contributed by atoms with Crippen molar-refractivity contribution in [3.05, 3.63) is 58.4 Å². The highest BCUT2D eigenvalue weighted by Crippen LogP contribution is 2.28. The topological polar surface area (TPSA) is 60.1 Å². The summed E-state index contributed by atoms with van der Waals surface area (Å²) in [4.78, 5) is 4.87. The van der Waals surface area contributed by atoms with Gasteiger partial charge in [-0.1, -0.05) is 25.7 Å². The summed E-state index contributed by atoms with van der Waals surface area (Å²) in [6, 6.07) is 13.2. The van der Waals surface area contributed by atoms with Crippen LogP contribution < -0.4 is 4.74 Å². The van der Waals surface area contributed by atoms with Crippen LogP contribution in [0.25, 0.3) is 11.0 Å². The lowest BCUT2D eigenvalue weighted by molar-refractivity contribution is 0.0881. The van der Waals surface area contributed by atoms with Crippen molar-refractivity contribution in [3.63, 3.8) is 0 Å². The summed E-state index contributed by atoms with van der Waals surface area (Å²) < 4.78 is 13.8. The van der Waals surface area contributed by atoms with Gasteiger partial charge in [-0.3, -0.25) is 0 Å². The molecule has 0 aliphatic rings. The van der Waals surface area contributed by atoms with Crippen molar-refractivity contribution >= 4 is 19.1 Å². The summed E-state index contributed by atoms with van der Waals surface area (Å²) in [6.07, 6.45) is 0.642. The van der Waals surface area contributed by atoms with Crippen LogP contribution in [0.2, 0.25) is 25.7 Å². The molecule has 0 radical (unpaired) electrons. The number of fused-ring (bicyclic) bond motifs is 1. The first kappa shape index (κ1) is 22.1. The number of nitriles is 1. The number of aryl methyl sites for hydroxylation is 2. The molecule has 30 heavy (non-hydrogen) atoms. The smallest absolute Gasteiger partial charge is 0.124 e. The molecular formula is C24H31N3O2Si. The normalized spacial score (nSPS) is 11.6. The predicted octanol–water partition coefficient (Wildman–Crippen LogP) is 5.44. The lowest BCUT2D eigenvalue weighted by Crippen LogP contribution is -2.22. The van der Waals surface area contributed by atoms with Gasteiger partial charge < -0.3 is 14.0 Å². The summed E-state index contributed by atoms with van der Waals surface area (Å²) >= 11 is 0. The van der Waals surface area contributed by atoms with Crippen LogP contribution in [0.15, 0.2) is 30.3 Å². The minimum atomic E-state index is -1.15. The molecule has 3 aromatic rings. The van der Waals surface area contributed by atoms with Crippen molar-refractivity contribution in [2.24, 2.45) is 0 Å². The number of imidazole rings is 1. The maximum Gasteiger partial charge on any atom is 0.124 e. The van der Waals surface area contributed by atoms with E-state index in [9.17, 15) is 5.26 Å². The second kappa shape index (κ2) is 9.03. The second-order valence-corrected chi connectivity index (χ2v) is 14.7. The first-order valence-electron chi connectivity index (χ1n) is 10.3. The highest BCUT2D eigenvalue weighted by Gasteiger charge is 2.17. The summed E-state index contributed by atoms with van der Waals surface area (Å²) in [5.74, 6) is 1.79. The Morgan fingerprint density at radius 1 is 1.13 bits per heavy atom. The van der Waals surface area contributed by atoms with E-state index in [1.165, 1.54) is 11.1 Å². The molecule has 0 amide bonds. The molecule has 0 spiro atoms. The Bertz CT molecular complexity index is 1090. The maximum atomic E-state index is 9.27. The molecule has 0 fully saturated rings. The summed E-state index contributed by atoms with van der Waals surface area (Å²) in [5, 5.41) is 9.27. The molecule has 0 bridgehead atoms. The third kappa shape index (κ3) is 5.10. The van der Waals surface area contributed by atoms with Gasteiger partial charge in [0.25, 0.3) is 0 Å². The molecule has 158 valence electrons. The lowest BCUT2D eigenvalue weighted by Gasteiger charge is -2.17. The molecule has 5 nitrogen and oxygen atoms in total. The van der Waals surface area contributed by atoms with Crippen LogP contribution in [-0.4, -0.2) is 31.3 Å². The van der Waals surface area contributed by atoms with Gasteiger partial charge in [-0.2, -0.15) is 5.26 Å². The number of hydrogen-bond acceptors (Lipinski definition) is 4. The zero-order valence-electron chi connectivity index (χ0n) is 18.9. The van der Waals surface area contributed by atoms with Gasteiger partial charge in [0.05, 0.1) is 29.8 Å². The Hall–Kier alpha value is -2.62. The van der Waals surface area contributed by atoms with Gasteiger partial charge in [-0.15, -0.1) is 0 Å². The summed E-state index contributed by atoms with van der Waals surface area (Å²) in [5.41, 5.74) is 5.91. The molecule has 6 heteroatoms. The molecule has 0 aliphatic heterocycles. The first-order valence-corrected chi connectivity index (χ1v) is 14.0. The highest BCUT2D eigenvalue weighted by molar-refractivity contribution is 6.76. The van der Waals surface area contributed by atoms with E-state index in [1.54, 1.807) is 7.11 Å². The number of aromatic nitrogens is 2. The van der Waals surface area contributed by atoms with Crippen LogP contribution in [0.5, 0.6) is 5.75 Å². The van der Waals surface area contributed by atoms with Gasteiger partial charge in [0.15, 0.2) is 0 Å². The van der Waals surface area contributed by atoms with Crippen LogP contribution in [0.4, 0.5) is 0 Å². The molecule has 0 saturated heterocycles. The Kier molecular flexibility index (Phi) is 6.64. The van der Waals surface area contributed by atoms with Gasteiger partial charge in [-0.05, 0) is 55.3 Å². The molecule has 0 unspecified atom stereocenters. The van der Waals surface area contributed by atoms with Crippen LogP contribution in [0.1, 0.15) is 28.1 Å². The molecule has 3 rings (SSSR count). The monoisotopic (exact) mass is 421 g/mol. The third-order valence-corrected chi connectivity index (χ3v) is 7.01. The minimum absolute atomic E-state index is 0.454. The van der Waals surface area contributed by atoms with Crippen LogP contribution in [-0.2, 0) is 17.9 Å². The molecule has 2 aromatic carbocycles. The minimum Gasteiger partial charge on any atom is -0.496 e. The molecule has 1 heterocycles. The number of ether oxygens (including phenoxy) is 2. The molecule has 1 aromatic heterocycles. The average Bonchev–Trinajstić information content (AvgIpc) is 3.02. The zero-order chi connectivity index (χ0) is 21.9. The molecule has 0 saturated carbocycles. The van der Waals surface area contributed by atoms with Crippen molar-refractivity contribution in [1.29, 1.82) is 5.26 Å². The predicted molar refractivity (Wildman–Crippen MR) is 124 cm³/mol. The van der Waals surface area contributed by atoms with E-state index < -0.39 is 8.07 Å². The zero-order valence-corrected chi connectivity index (χ0v) is 19.9. The van der Waals surface area contributed by atoms with Gasteiger partial charge >= 0.3 is 0 Å². The van der Waals surface area contributed by atoms with E-state index in [1.807, 2.05) is 18.2 Å². The number of methoxy groups -OCH3 is 1. The first-order chi connectivity index (χ1) is 14.2. The lowest BCUT2D eigenvalue weighted by atomic mass is 10.0. The van der Waals surface area contributed by atoms with Crippen LogP contribution >= 0.6 is 0 Å². The standard InChI is InChI=1S/C24H31N3O2Si/c1-17-11-18(2)20(23(12-17)28-3)14-24-26-21-13-19(15-25)7-8-22(21)27(24)16-29-9-10-30(4,5)6/h7-8,11-13H,9-10,14,16H2,1-6H3. The number of hydrogen-bond donors (Lipinski definition) is 0. The molecule has 0 atom stereocenters. The average molecular weight is 422 g/mol. The number of benzene rings is 2. The number of nitrogens with zero attached hydrogens (tertiary/aromatic N) is 3. The highest BCUT2D eigenvalue weighted by atomic mass is 28.3. The van der Waals surface area contributed by atoms with Gasteiger partial charge in [0.1, 0.15) is 18.3 Å². The Morgan fingerprint density at radius 2 is 1.90 bits per heavy atom. The largest absolute Gasteiger partial charge is 0.496 e. The van der Waals surface area contributed by atoms with Crippen molar-refractivity contribution in [1.82, 2.24) is 9.55 Å². The fourth-order valence-corrected chi connectivity index (χ4v) is 4.34. The van der Waals surface area contributed by atoms with Crippen LogP contribution in [0.3, 0.4) is 0 Å². The summed E-state index contributed by atoms with van der Waals surface area (Å²) in [7, 11) is 0.560. The Labute approximate surface area is 180 Å². The quantitative estimate of drug-likeness (QED) is 0.359. The Balaban J connectivity index is 1.98. The van der Waals surface area contributed by atoms with Crippen molar-refractivity contribution in [2.75, 3.05) is 13.7 Å². The summed E-state index contributed by atoms with van der Waals surface area (Å²) in [6.45, 7) is 12.4. The molecule has 0 N–H and O–H groups in total.